The van der Waals surface area contributed by atoms with Crippen LogP contribution in [0.3, 0.4) is 0 Å². The molecule has 0 amide bonds. The Morgan fingerprint density at radius 1 is 1.32 bits per heavy atom. The number of nitrogens with zero attached hydrogens (tertiary/aromatic N) is 3. The molecule has 0 saturated carbocycles. The molecule has 0 radical (unpaired) electrons. The number of aromatic nitrogens is 2. The molecule has 0 atom stereocenters. The zero-order valence-corrected chi connectivity index (χ0v) is 13.2. The summed E-state index contributed by atoms with van der Waals surface area (Å²) in [4.78, 5) is 2.84. The van der Waals surface area contributed by atoms with E-state index in [1.165, 1.54) is 19.3 Å². The molecule has 0 aromatic carbocycles. The molecule has 106 valence electrons. The quantitative estimate of drug-likeness (QED) is 0.845. The maximum atomic E-state index is 5.88. The van der Waals surface area contributed by atoms with Crippen molar-refractivity contribution in [2.75, 3.05) is 18.0 Å². The molecular formula is C14H24N4S. The average Bonchev–Trinajstić information content (AvgIpc) is 2.47. The molecule has 2 rings (SSSR count). The first-order chi connectivity index (χ1) is 8.82. The first kappa shape index (κ1) is 14.3. The second-order valence-corrected chi connectivity index (χ2v) is 6.72. The molecule has 1 saturated heterocycles. The molecule has 1 aliphatic rings. The van der Waals surface area contributed by atoms with Crippen molar-refractivity contribution in [1.82, 2.24) is 9.78 Å². The molecule has 1 aromatic heterocycles. The first-order valence-corrected chi connectivity index (χ1v) is 7.31. The van der Waals surface area contributed by atoms with E-state index in [4.69, 9.17) is 18.0 Å². The van der Waals surface area contributed by atoms with Crippen LogP contribution in [0.25, 0.3) is 0 Å². The van der Waals surface area contributed by atoms with Crippen LogP contribution in [0.4, 0.5) is 5.82 Å². The maximum Gasteiger partial charge on any atom is 0.137 e. The summed E-state index contributed by atoms with van der Waals surface area (Å²) >= 11 is 5.20. The van der Waals surface area contributed by atoms with Gasteiger partial charge in [0.2, 0.25) is 0 Å². The van der Waals surface area contributed by atoms with E-state index in [0.29, 0.717) is 10.4 Å². The first-order valence-electron chi connectivity index (χ1n) is 6.90. The van der Waals surface area contributed by atoms with Crippen molar-refractivity contribution >= 4 is 23.0 Å². The fraction of sp³-hybridized carbons (Fsp3) is 0.714. The summed E-state index contributed by atoms with van der Waals surface area (Å²) in [6, 6.07) is 0. The lowest BCUT2D eigenvalue weighted by atomic mass is 9.85. The van der Waals surface area contributed by atoms with Crippen molar-refractivity contribution < 1.29 is 0 Å². The van der Waals surface area contributed by atoms with Crippen molar-refractivity contribution in [2.24, 2.45) is 18.2 Å². The fourth-order valence-electron chi connectivity index (χ4n) is 2.93. The van der Waals surface area contributed by atoms with Crippen molar-refractivity contribution in [3.8, 4) is 0 Å². The third-order valence-corrected chi connectivity index (χ3v) is 4.28. The van der Waals surface area contributed by atoms with E-state index in [1.807, 2.05) is 18.7 Å². The van der Waals surface area contributed by atoms with Crippen LogP contribution in [0.1, 0.15) is 44.4 Å². The highest BCUT2D eigenvalue weighted by atomic mass is 32.1. The van der Waals surface area contributed by atoms with E-state index in [2.05, 4.69) is 23.8 Å². The molecule has 2 heterocycles. The van der Waals surface area contributed by atoms with Gasteiger partial charge in [-0.25, -0.2) is 0 Å². The summed E-state index contributed by atoms with van der Waals surface area (Å²) in [7, 11) is 1.97. The average molecular weight is 280 g/mol. The minimum Gasteiger partial charge on any atom is -0.389 e. The van der Waals surface area contributed by atoms with Crippen LogP contribution in [-0.2, 0) is 7.05 Å². The predicted octanol–water partition coefficient (Wildman–Crippen LogP) is 2.38. The summed E-state index contributed by atoms with van der Waals surface area (Å²) in [6.45, 7) is 8.76. The Kier molecular flexibility index (Phi) is 3.85. The van der Waals surface area contributed by atoms with Gasteiger partial charge in [0.1, 0.15) is 10.8 Å². The molecule has 2 N–H and O–H groups in total. The Morgan fingerprint density at radius 3 is 2.63 bits per heavy atom. The largest absolute Gasteiger partial charge is 0.389 e. The van der Waals surface area contributed by atoms with Gasteiger partial charge < -0.3 is 10.6 Å². The predicted molar refractivity (Wildman–Crippen MR) is 83.7 cm³/mol. The third-order valence-electron chi connectivity index (χ3n) is 4.08. The number of aryl methyl sites for hydroxylation is 2. The minimum absolute atomic E-state index is 0.422. The zero-order chi connectivity index (χ0) is 14.2. The third kappa shape index (κ3) is 2.91. The molecule has 19 heavy (non-hydrogen) atoms. The van der Waals surface area contributed by atoms with Gasteiger partial charge in [-0.2, -0.15) is 5.10 Å². The second kappa shape index (κ2) is 5.12. The van der Waals surface area contributed by atoms with Gasteiger partial charge in [0.15, 0.2) is 0 Å². The minimum atomic E-state index is 0.422. The lowest BCUT2D eigenvalue weighted by Crippen LogP contribution is -2.29. The molecule has 0 aliphatic carbocycles. The summed E-state index contributed by atoms with van der Waals surface area (Å²) in [5.41, 5.74) is 8.17. The maximum absolute atomic E-state index is 5.88. The van der Waals surface area contributed by atoms with Gasteiger partial charge in [0.25, 0.3) is 0 Å². The van der Waals surface area contributed by atoms with Gasteiger partial charge in [0, 0.05) is 20.1 Å². The normalized spacial score (nSPS) is 19.3. The number of anilines is 1. The smallest absolute Gasteiger partial charge is 0.137 e. The van der Waals surface area contributed by atoms with Gasteiger partial charge in [-0.1, -0.05) is 26.1 Å². The molecule has 1 aliphatic heterocycles. The highest BCUT2D eigenvalue weighted by Gasteiger charge is 2.27. The highest BCUT2D eigenvalue weighted by Crippen LogP contribution is 2.33. The van der Waals surface area contributed by atoms with Crippen molar-refractivity contribution in [2.45, 2.75) is 40.0 Å². The monoisotopic (exact) mass is 280 g/mol. The standard InChI is InChI=1S/C14H24N4S/c1-10-11(12(15)19)13(17(4)16-10)18-8-5-6-14(2,3)7-9-18/h5-9H2,1-4H3,(H2,15,19). The molecule has 0 unspecified atom stereocenters. The van der Waals surface area contributed by atoms with Crippen molar-refractivity contribution in [3.05, 3.63) is 11.3 Å². The number of rotatable bonds is 2. The fourth-order valence-corrected chi connectivity index (χ4v) is 3.17. The van der Waals surface area contributed by atoms with E-state index in [1.54, 1.807) is 0 Å². The lowest BCUT2D eigenvalue weighted by molar-refractivity contribution is 0.325. The Balaban J connectivity index is 2.34. The van der Waals surface area contributed by atoms with E-state index >= 15 is 0 Å². The zero-order valence-electron chi connectivity index (χ0n) is 12.4. The summed E-state index contributed by atoms with van der Waals surface area (Å²) < 4.78 is 1.92. The van der Waals surface area contributed by atoms with Crippen LogP contribution in [0.2, 0.25) is 0 Å². The number of nitrogens with two attached hydrogens (primary N) is 1. The second-order valence-electron chi connectivity index (χ2n) is 6.28. The molecule has 0 bridgehead atoms. The molecule has 0 spiro atoms. The van der Waals surface area contributed by atoms with Crippen LogP contribution < -0.4 is 10.6 Å². The van der Waals surface area contributed by atoms with E-state index in [-0.39, 0.29) is 0 Å². The van der Waals surface area contributed by atoms with E-state index in [9.17, 15) is 0 Å². The van der Waals surface area contributed by atoms with Crippen molar-refractivity contribution in [3.63, 3.8) is 0 Å². The topological polar surface area (TPSA) is 47.1 Å². The van der Waals surface area contributed by atoms with Gasteiger partial charge in [-0.05, 0) is 31.6 Å². The lowest BCUT2D eigenvalue weighted by Gasteiger charge is -2.25. The molecule has 5 heteroatoms. The molecule has 4 nitrogen and oxygen atoms in total. The molecule has 1 fully saturated rings. The Morgan fingerprint density at radius 2 is 2.00 bits per heavy atom. The number of thiocarbonyl (C=S) groups is 1. The number of hydrogen-bond acceptors (Lipinski definition) is 3. The van der Waals surface area contributed by atoms with Crippen molar-refractivity contribution in [1.29, 1.82) is 0 Å². The van der Waals surface area contributed by atoms with Crippen LogP contribution >= 0.6 is 12.2 Å². The highest BCUT2D eigenvalue weighted by molar-refractivity contribution is 7.80. The van der Waals surface area contributed by atoms with Gasteiger partial charge >= 0.3 is 0 Å². The van der Waals surface area contributed by atoms with Gasteiger partial charge in [-0.3, -0.25) is 4.68 Å². The number of hydrogen-bond donors (Lipinski definition) is 1. The Hall–Kier alpha value is -1.10. The van der Waals surface area contributed by atoms with Crippen LogP contribution in [0, 0.1) is 12.3 Å². The SMILES string of the molecule is Cc1nn(C)c(N2CCCC(C)(C)CC2)c1C(N)=S. The molecule has 1 aromatic rings. The molecular weight excluding hydrogens is 256 g/mol. The summed E-state index contributed by atoms with van der Waals surface area (Å²) in [5, 5.41) is 4.48. The summed E-state index contributed by atoms with van der Waals surface area (Å²) in [5.74, 6) is 1.09. The van der Waals surface area contributed by atoms with Crippen LogP contribution in [-0.4, -0.2) is 27.9 Å². The van der Waals surface area contributed by atoms with E-state index in [0.717, 1.165) is 30.2 Å². The summed E-state index contributed by atoms with van der Waals surface area (Å²) in [6.07, 6.45) is 3.66. The Bertz CT molecular complexity index is 490. The van der Waals surface area contributed by atoms with Gasteiger partial charge in [0.05, 0.1) is 11.3 Å². The van der Waals surface area contributed by atoms with Crippen LogP contribution in [0.5, 0.6) is 0 Å². The Labute approximate surface area is 121 Å². The van der Waals surface area contributed by atoms with E-state index < -0.39 is 0 Å². The van der Waals surface area contributed by atoms with Gasteiger partial charge in [-0.15, -0.1) is 0 Å². The van der Waals surface area contributed by atoms with Crippen LogP contribution in [0.15, 0.2) is 0 Å².